The van der Waals surface area contributed by atoms with E-state index in [0.717, 1.165) is 74.0 Å². The van der Waals surface area contributed by atoms with Crippen LogP contribution < -0.4 is 9.80 Å². The number of rotatable bonds is 3. The molecular formula is C23H28N6OS. The molecule has 2 aliphatic rings. The van der Waals surface area contributed by atoms with Gasteiger partial charge in [-0.2, -0.15) is 0 Å². The summed E-state index contributed by atoms with van der Waals surface area (Å²) in [6.45, 7) is 9.59. The van der Waals surface area contributed by atoms with Gasteiger partial charge in [-0.1, -0.05) is 6.92 Å². The minimum atomic E-state index is 0.106. The summed E-state index contributed by atoms with van der Waals surface area (Å²) in [6.07, 6.45) is 5.58. The van der Waals surface area contributed by atoms with Crippen LogP contribution in [0.25, 0.3) is 10.2 Å². The molecule has 2 fully saturated rings. The fourth-order valence-electron chi connectivity index (χ4n) is 4.46. The van der Waals surface area contributed by atoms with E-state index in [9.17, 15) is 4.79 Å². The molecule has 0 spiro atoms. The zero-order valence-corrected chi connectivity index (χ0v) is 18.9. The largest absolute Gasteiger partial charge is 0.353 e. The number of piperazine rings is 1. The normalized spacial score (nSPS) is 18.1. The summed E-state index contributed by atoms with van der Waals surface area (Å²) < 4.78 is 0. The fourth-order valence-corrected chi connectivity index (χ4v) is 5.30. The van der Waals surface area contributed by atoms with Gasteiger partial charge in [0.25, 0.3) is 5.91 Å². The second-order valence-corrected chi connectivity index (χ2v) is 9.86. The van der Waals surface area contributed by atoms with Crippen LogP contribution in [-0.4, -0.2) is 65.0 Å². The number of likely N-dealkylation sites (tertiary alicyclic amines) is 1. The van der Waals surface area contributed by atoms with Crippen molar-refractivity contribution in [1.29, 1.82) is 0 Å². The summed E-state index contributed by atoms with van der Waals surface area (Å²) in [5, 5.41) is 1.14. The van der Waals surface area contributed by atoms with Crippen LogP contribution in [0.2, 0.25) is 0 Å². The summed E-state index contributed by atoms with van der Waals surface area (Å²) in [7, 11) is 0. The minimum absolute atomic E-state index is 0.106. The number of hydrogen-bond acceptors (Lipinski definition) is 7. The Balaban J connectivity index is 1.23. The molecule has 0 atom stereocenters. The first-order valence-corrected chi connectivity index (χ1v) is 11.9. The quantitative estimate of drug-likeness (QED) is 0.625. The lowest BCUT2D eigenvalue weighted by atomic mass is 9.99. The highest BCUT2D eigenvalue weighted by molar-refractivity contribution is 7.18. The first-order valence-electron chi connectivity index (χ1n) is 11.0. The molecule has 162 valence electrons. The number of hydrogen-bond donors (Lipinski definition) is 0. The topological polar surface area (TPSA) is 65.5 Å². The van der Waals surface area contributed by atoms with Crippen LogP contribution in [0.5, 0.6) is 0 Å². The van der Waals surface area contributed by atoms with Gasteiger partial charge < -0.3 is 14.7 Å². The number of amides is 1. The van der Waals surface area contributed by atoms with Crippen LogP contribution >= 0.6 is 11.3 Å². The minimum Gasteiger partial charge on any atom is -0.353 e. The maximum absolute atomic E-state index is 12.8. The first kappa shape index (κ1) is 20.2. The summed E-state index contributed by atoms with van der Waals surface area (Å²) in [5.74, 6) is 2.78. The Morgan fingerprint density at radius 2 is 1.74 bits per heavy atom. The van der Waals surface area contributed by atoms with E-state index in [0.29, 0.717) is 11.5 Å². The predicted molar refractivity (Wildman–Crippen MR) is 125 cm³/mol. The lowest BCUT2D eigenvalue weighted by Crippen LogP contribution is -2.47. The molecule has 0 bridgehead atoms. The molecule has 0 radical (unpaired) electrons. The molecule has 0 N–H and O–H groups in total. The highest BCUT2D eigenvalue weighted by Gasteiger charge is 2.24. The van der Waals surface area contributed by atoms with Crippen molar-refractivity contribution in [1.82, 2.24) is 19.9 Å². The van der Waals surface area contributed by atoms with Gasteiger partial charge in [-0.3, -0.25) is 4.79 Å². The van der Waals surface area contributed by atoms with Gasteiger partial charge in [-0.15, -0.1) is 11.3 Å². The predicted octanol–water partition coefficient (Wildman–Crippen LogP) is 3.59. The smallest absolute Gasteiger partial charge is 0.255 e. The number of anilines is 2. The van der Waals surface area contributed by atoms with Crippen molar-refractivity contribution in [2.24, 2.45) is 5.92 Å². The van der Waals surface area contributed by atoms with E-state index in [1.54, 1.807) is 23.9 Å². The molecule has 7 nitrogen and oxygen atoms in total. The Hall–Kier alpha value is -2.74. The highest BCUT2D eigenvalue weighted by atomic mass is 32.1. The third kappa shape index (κ3) is 4.08. The highest BCUT2D eigenvalue weighted by Crippen LogP contribution is 2.30. The SMILES string of the molecule is Cc1cc2c(N3CCN(c4ccc(C(=O)N5CCC(C)CC5)cn4)CC3)ncnc2s1. The molecule has 0 saturated carbocycles. The van der Waals surface area contributed by atoms with Crippen molar-refractivity contribution >= 4 is 39.1 Å². The van der Waals surface area contributed by atoms with Gasteiger partial charge in [0.2, 0.25) is 0 Å². The summed E-state index contributed by atoms with van der Waals surface area (Å²) in [5.41, 5.74) is 0.688. The van der Waals surface area contributed by atoms with Crippen LogP contribution in [0.1, 0.15) is 35.0 Å². The number of thiophene rings is 1. The van der Waals surface area contributed by atoms with Crippen LogP contribution in [0.4, 0.5) is 11.6 Å². The summed E-state index contributed by atoms with van der Waals surface area (Å²) >= 11 is 1.71. The number of pyridine rings is 1. The Morgan fingerprint density at radius 1 is 1.00 bits per heavy atom. The van der Waals surface area contributed by atoms with Gasteiger partial charge in [0.05, 0.1) is 10.9 Å². The number of carbonyl (C=O) groups is 1. The summed E-state index contributed by atoms with van der Waals surface area (Å²) in [6, 6.07) is 6.10. The lowest BCUT2D eigenvalue weighted by Gasteiger charge is -2.36. The van der Waals surface area contributed by atoms with Crippen LogP contribution in [-0.2, 0) is 0 Å². The molecule has 0 aliphatic carbocycles. The molecule has 3 aromatic heterocycles. The first-order chi connectivity index (χ1) is 15.1. The molecule has 5 rings (SSSR count). The zero-order valence-electron chi connectivity index (χ0n) is 18.1. The van der Waals surface area contributed by atoms with E-state index in [-0.39, 0.29) is 5.91 Å². The Labute approximate surface area is 186 Å². The second-order valence-electron chi connectivity index (χ2n) is 8.63. The van der Waals surface area contributed by atoms with Crippen LogP contribution in [0, 0.1) is 12.8 Å². The molecule has 2 saturated heterocycles. The van der Waals surface area contributed by atoms with Gasteiger partial charge in [0, 0.05) is 50.3 Å². The molecule has 3 aromatic rings. The lowest BCUT2D eigenvalue weighted by molar-refractivity contribution is 0.0697. The number of carbonyl (C=O) groups excluding carboxylic acids is 1. The zero-order chi connectivity index (χ0) is 21.4. The Morgan fingerprint density at radius 3 is 2.45 bits per heavy atom. The average Bonchev–Trinajstić information content (AvgIpc) is 3.20. The van der Waals surface area contributed by atoms with E-state index in [2.05, 4.69) is 44.7 Å². The van der Waals surface area contributed by atoms with Gasteiger partial charge in [-0.05, 0) is 43.9 Å². The maximum Gasteiger partial charge on any atom is 0.255 e. The molecule has 1 amide bonds. The van der Waals surface area contributed by atoms with E-state index in [4.69, 9.17) is 0 Å². The Bertz CT molecular complexity index is 1070. The fraction of sp³-hybridized carbons (Fsp3) is 0.478. The molecule has 5 heterocycles. The molecule has 2 aliphatic heterocycles. The summed E-state index contributed by atoms with van der Waals surface area (Å²) in [4.78, 5) is 35.2. The maximum atomic E-state index is 12.8. The third-order valence-electron chi connectivity index (χ3n) is 6.40. The van der Waals surface area contributed by atoms with Crippen molar-refractivity contribution < 1.29 is 4.79 Å². The monoisotopic (exact) mass is 436 g/mol. The molecular weight excluding hydrogens is 408 g/mol. The number of fused-ring (bicyclic) bond motifs is 1. The molecule has 0 unspecified atom stereocenters. The van der Waals surface area contributed by atoms with E-state index >= 15 is 0 Å². The average molecular weight is 437 g/mol. The van der Waals surface area contributed by atoms with E-state index < -0.39 is 0 Å². The number of nitrogens with zero attached hydrogens (tertiary/aromatic N) is 6. The molecule has 8 heteroatoms. The number of piperidine rings is 1. The second kappa shape index (κ2) is 8.42. The van der Waals surface area contributed by atoms with Crippen molar-refractivity contribution in [2.45, 2.75) is 26.7 Å². The van der Waals surface area contributed by atoms with Crippen molar-refractivity contribution in [3.8, 4) is 0 Å². The van der Waals surface area contributed by atoms with Gasteiger partial charge >= 0.3 is 0 Å². The molecule has 0 aromatic carbocycles. The van der Waals surface area contributed by atoms with Crippen molar-refractivity contribution in [2.75, 3.05) is 49.1 Å². The van der Waals surface area contributed by atoms with E-state index in [1.807, 2.05) is 17.0 Å². The van der Waals surface area contributed by atoms with E-state index in [1.165, 1.54) is 4.88 Å². The Kier molecular flexibility index (Phi) is 5.48. The third-order valence-corrected chi connectivity index (χ3v) is 7.36. The number of aryl methyl sites for hydroxylation is 1. The number of aromatic nitrogens is 3. The van der Waals surface area contributed by atoms with Gasteiger partial charge in [0.15, 0.2) is 0 Å². The van der Waals surface area contributed by atoms with Gasteiger partial charge in [0.1, 0.15) is 22.8 Å². The molecule has 31 heavy (non-hydrogen) atoms. The van der Waals surface area contributed by atoms with Gasteiger partial charge in [-0.25, -0.2) is 15.0 Å². The van der Waals surface area contributed by atoms with Crippen molar-refractivity contribution in [3.05, 3.63) is 41.2 Å². The van der Waals surface area contributed by atoms with Crippen LogP contribution in [0.15, 0.2) is 30.7 Å². The van der Waals surface area contributed by atoms with Crippen LogP contribution in [0.3, 0.4) is 0 Å². The standard InChI is InChI=1S/C23H28N6OS/c1-16-5-7-29(8-6-16)23(30)18-3-4-20(24-14-18)27-9-11-28(12-10-27)21-19-13-17(2)31-22(19)26-15-25-21/h3-4,13-16H,5-12H2,1-2H3. The van der Waals surface area contributed by atoms with Crippen molar-refractivity contribution in [3.63, 3.8) is 0 Å².